The minimum absolute atomic E-state index is 0.331. The average molecular weight is 303 g/mol. The Morgan fingerprint density at radius 1 is 0.913 bits per heavy atom. The number of nitrogens with zero attached hydrogens (tertiary/aromatic N) is 1. The summed E-state index contributed by atoms with van der Waals surface area (Å²) in [5.74, 6) is 0.909. The van der Waals surface area contributed by atoms with Crippen LogP contribution < -0.4 is 0 Å². The lowest BCUT2D eigenvalue weighted by atomic mass is 9.84. The van der Waals surface area contributed by atoms with Crippen LogP contribution >= 0.6 is 0 Å². The van der Waals surface area contributed by atoms with E-state index in [0.717, 1.165) is 48.3 Å². The van der Waals surface area contributed by atoms with Gasteiger partial charge in [-0.25, -0.2) is 0 Å². The van der Waals surface area contributed by atoms with Gasteiger partial charge >= 0.3 is 0 Å². The predicted octanol–water partition coefficient (Wildman–Crippen LogP) is 4.72. The largest absolute Gasteiger partial charge is 0.510 e. The van der Waals surface area contributed by atoms with Crippen LogP contribution in [0.25, 0.3) is 11.6 Å². The number of rotatable bonds is 3. The minimum Gasteiger partial charge on any atom is -0.510 e. The van der Waals surface area contributed by atoms with E-state index in [1.165, 1.54) is 0 Å². The maximum Gasteiger partial charge on any atom is 0.119 e. The summed E-state index contributed by atoms with van der Waals surface area (Å²) in [6.45, 7) is 2.09. The molecule has 0 amide bonds. The first kappa shape index (κ1) is 14.1. The molecule has 2 bridgehead atoms. The number of aliphatic hydroxyl groups excluding tert-OH is 1. The van der Waals surface area contributed by atoms with E-state index in [-0.39, 0.29) is 0 Å². The third kappa shape index (κ3) is 2.65. The van der Waals surface area contributed by atoms with E-state index in [2.05, 4.69) is 59.5 Å². The van der Waals surface area contributed by atoms with Crippen LogP contribution in [0.1, 0.15) is 24.0 Å². The van der Waals surface area contributed by atoms with Crippen LogP contribution in [0.2, 0.25) is 0 Å². The molecule has 2 nitrogen and oxygen atoms in total. The van der Waals surface area contributed by atoms with Crippen LogP contribution in [-0.4, -0.2) is 23.1 Å². The Balaban J connectivity index is 1.87. The zero-order valence-electron chi connectivity index (χ0n) is 13.2. The van der Waals surface area contributed by atoms with Gasteiger partial charge < -0.3 is 10.0 Å². The van der Waals surface area contributed by atoms with Gasteiger partial charge in [0.15, 0.2) is 0 Å². The standard InChI is InChI=1S/C21H21NO/c23-21-18-11-13-22(14-12-18)20(21)19(17-9-5-2-6-10-17)15-16-7-3-1-4-8-16/h1-10,15,18,23H,11-14H2/b19-15+. The molecule has 2 heteroatoms. The topological polar surface area (TPSA) is 23.5 Å². The fourth-order valence-corrected chi connectivity index (χ4v) is 3.66. The molecule has 0 aliphatic carbocycles. The maximum atomic E-state index is 10.8. The first-order valence-electron chi connectivity index (χ1n) is 8.33. The molecule has 3 aliphatic rings. The van der Waals surface area contributed by atoms with Crippen LogP contribution in [0.4, 0.5) is 0 Å². The fourth-order valence-electron chi connectivity index (χ4n) is 3.66. The van der Waals surface area contributed by atoms with E-state index in [1.54, 1.807) is 0 Å². The lowest BCUT2D eigenvalue weighted by Crippen LogP contribution is -2.40. The molecule has 0 radical (unpaired) electrons. The van der Waals surface area contributed by atoms with Gasteiger partial charge in [0.1, 0.15) is 5.76 Å². The van der Waals surface area contributed by atoms with E-state index in [0.29, 0.717) is 11.7 Å². The third-order valence-electron chi connectivity index (χ3n) is 4.89. The van der Waals surface area contributed by atoms with Crippen molar-refractivity contribution in [3.63, 3.8) is 0 Å². The highest BCUT2D eigenvalue weighted by molar-refractivity contribution is 5.91. The van der Waals surface area contributed by atoms with Crippen LogP contribution in [0.15, 0.2) is 72.1 Å². The molecule has 1 fully saturated rings. The molecular weight excluding hydrogens is 282 g/mol. The molecule has 1 N–H and O–H groups in total. The summed E-state index contributed by atoms with van der Waals surface area (Å²) in [5.41, 5.74) is 4.47. The van der Waals surface area contributed by atoms with Gasteiger partial charge in [0.2, 0.25) is 0 Å². The molecule has 3 heterocycles. The van der Waals surface area contributed by atoms with Gasteiger partial charge in [-0.15, -0.1) is 0 Å². The Morgan fingerprint density at radius 2 is 1.52 bits per heavy atom. The number of fused-ring (bicyclic) bond motifs is 2. The number of benzene rings is 2. The molecule has 5 rings (SSSR count). The number of hydrogen-bond acceptors (Lipinski definition) is 2. The SMILES string of the molecule is OC1=C(/C(=C/c2ccccc2)c2ccccc2)N2CCC1CC2. The Bertz CT molecular complexity index is 738. The van der Waals surface area contributed by atoms with Crippen LogP contribution in [0, 0.1) is 5.92 Å². The summed E-state index contributed by atoms with van der Waals surface area (Å²) in [4.78, 5) is 2.34. The quantitative estimate of drug-likeness (QED) is 0.829. The predicted molar refractivity (Wildman–Crippen MR) is 94.7 cm³/mol. The molecule has 23 heavy (non-hydrogen) atoms. The normalized spacial score (nSPS) is 18.6. The maximum absolute atomic E-state index is 10.8. The lowest BCUT2D eigenvalue weighted by molar-refractivity contribution is 0.155. The van der Waals surface area contributed by atoms with Gasteiger partial charge in [-0.2, -0.15) is 0 Å². The highest BCUT2D eigenvalue weighted by atomic mass is 16.3. The summed E-state index contributed by atoms with van der Waals surface area (Å²) in [6.07, 6.45) is 4.34. The van der Waals surface area contributed by atoms with E-state index >= 15 is 0 Å². The monoisotopic (exact) mass is 303 g/mol. The summed E-state index contributed by atoms with van der Waals surface area (Å²) < 4.78 is 0. The first-order chi connectivity index (χ1) is 11.3. The van der Waals surface area contributed by atoms with Gasteiger partial charge in [0, 0.05) is 24.6 Å². The zero-order chi connectivity index (χ0) is 15.6. The van der Waals surface area contributed by atoms with Crippen molar-refractivity contribution in [3.8, 4) is 0 Å². The number of allylic oxidation sites excluding steroid dienone is 2. The van der Waals surface area contributed by atoms with Crippen molar-refractivity contribution in [2.45, 2.75) is 12.8 Å². The minimum atomic E-state index is 0.331. The van der Waals surface area contributed by atoms with Crippen molar-refractivity contribution in [2.75, 3.05) is 13.1 Å². The van der Waals surface area contributed by atoms with Crippen molar-refractivity contribution in [3.05, 3.63) is 83.2 Å². The Hall–Kier alpha value is -2.48. The zero-order valence-corrected chi connectivity index (χ0v) is 13.2. The fraction of sp³-hybridized carbons (Fsp3) is 0.238. The molecule has 0 saturated carbocycles. The van der Waals surface area contributed by atoms with Crippen LogP contribution in [0.5, 0.6) is 0 Å². The molecule has 2 aromatic rings. The second-order valence-corrected chi connectivity index (χ2v) is 6.33. The number of piperidine rings is 1. The van der Waals surface area contributed by atoms with Gasteiger partial charge in [-0.3, -0.25) is 0 Å². The van der Waals surface area contributed by atoms with E-state index < -0.39 is 0 Å². The van der Waals surface area contributed by atoms with Gasteiger partial charge in [0.25, 0.3) is 0 Å². The highest BCUT2D eigenvalue weighted by Crippen LogP contribution is 2.41. The Morgan fingerprint density at radius 3 is 2.13 bits per heavy atom. The lowest BCUT2D eigenvalue weighted by Gasteiger charge is -2.42. The second-order valence-electron chi connectivity index (χ2n) is 6.33. The van der Waals surface area contributed by atoms with Crippen molar-refractivity contribution in [1.29, 1.82) is 0 Å². The highest BCUT2D eigenvalue weighted by Gasteiger charge is 2.34. The summed E-state index contributed by atoms with van der Waals surface area (Å²) in [7, 11) is 0. The smallest absolute Gasteiger partial charge is 0.119 e. The summed E-state index contributed by atoms with van der Waals surface area (Å²) >= 11 is 0. The van der Waals surface area contributed by atoms with E-state index in [9.17, 15) is 5.11 Å². The molecule has 116 valence electrons. The van der Waals surface area contributed by atoms with Crippen LogP contribution in [-0.2, 0) is 0 Å². The van der Waals surface area contributed by atoms with Gasteiger partial charge in [-0.05, 0) is 30.0 Å². The third-order valence-corrected chi connectivity index (χ3v) is 4.89. The Labute approximate surface area is 137 Å². The number of aliphatic hydroxyl groups is 1. The first-order valence-corrected chi connectivity index (χ1v) is 8.33. The molecule has 0 spiro atoms. The van der Waals surface area contributed by atoms with Crippen molar-refractivity contribution in [2.24, 2.45) is 5.92 Å². The molecule has 2 aromatic carbocycles. The Kier molecular flexibility index (Phi) is 3.66. The summed E-state index contributed by atoms with van der Waals surface area (Å²) in [5, 5.41) is 10.8. The average Bonchev–Trinajstić information content (AvgIpc) is 2.63. The summed E-state index contributed by atoms with van der Waals surface area (Å²) in [6, 6.07) is 20.7. The van der Waals surface area contributed by atoms with Gasteiger partial charge in [0.05, 0.1) is 5.70 Å². The van der Waals surface area contributed by atoms with E-state index in [4.69, 9.17) is 0 Å². The van der Waals surface area contributed by atoms with Crippen molar-refractivity contribution in [1.82, 2.24) is 4.90 Å². The molecule has 0 atom stereocenters. The van der Waals surface area contributed by atoms with Crippen molar-refractivity contribution < 1.29 is 5.11 Å². The van der Waals surface area contributed by atoms with Crippen LogP contribution in [0.3, 0.4) is 0 Å². The van der Waals surface area contributed by atoms with Gasteiger partial charge in [-0.1, -0.05) is 60.7 Å². The molecule has 0 aromatic heterocycles. The molecule has 1 saturated heterocycles. The second kappa shape index (κ2) is 5.96. The van der Waals surface area contributed by atoms with Crippen molar-refractivity contribution >= 4 is 11.6 Å². The van der Waals surface area contributed by atoms with E-state index in [1.807, 2.05) is 12.1 Å². The molecule has 3 aliphatic heterocycles. The number of hydrogen-bond donors (Lipinski definition) is 1. The molecular formula is C21H21NO. The molecule has 0 unspecified atom stereocenters.